The Kier molecular flexibility index (Phi) is 6.40. The number of imidazole rings is 1. The van der Waals surface area contributed by atoms with Gasteiger partial charge in [0.05, 0.1) is 10.4 Å². The third kappa shape index (κ3) is 4.35. The highest BCUT2D eigenvalue weighted by atomic mass is 79.9. The van der Waals surface area contributed by atoms with Gasteiger partial charge in [0.1, 0.15) is 22.9 Å². The predicted octanol–water partition coefficient (Wildman–Crippen LogP) is 4.28. The number of rotatable bonds is 8. The van der Waals surface area contributed by atoms with Crippen molar-refractivity contribution in [2.24, 2.45) is 0 Å². The fraction of sp³-hybridized carbons (Fsp3) is 0.208. The van der Waals surface area contributed by atoms with Gasteiger partial charge in [-0.05, 0) is 45.6 Å². The minimum Gasteiger partial charge on any atom is -0.543 e. The number of carbonyl (C=O) groups excluding carboxylic acids is 1. The van der Waals surface area contributed by atoms with Crippen LogP contribution in [0.5, 0.6) is 0 Å². The summed E-state index contributed by atoms with van der Waals surface area (Å²) in [5.74, 6) is 0.282. The second kappa shape index (κ2) is 9.63. The Labute approximate surface area is 213 Å². The molecule has 5 aromatic rings. The maximum Gasteiger partial charge on any atom is 0.156 e. The molecule has 9 nitrogen and oxygen atoms in total. The quantitative estimate of drug-likeness (QED) is 0.279. The fourth-order valence-electron chi connectivity index (χ4n) is 4.05. The molecule has 0 spiro atoms. The van der Waals surface area contributed by atoms with Crippen LogP contribution in [0.3, 0.4) is 0 Å². The van der Waals surface area contributed by atoms with Crippen molar-refractivity contribution in [3.8, 4) is 22.7 Å². The van der Waals surface area contributed by atoms with Crippen molar-refractivity contribution in [2.45, 2.75) is 32.7 Å². The minimum atomic E-state index is -1.35. The van der Waals surface area contributed by atoms with Gasteiger partial charge < -0.3 is 24.0 Å². The molecule has 0 saturated heterocycles. The standard InChI is InChI=1S/C24H20BrClN6O3/c1-2-3-8-18-27-22(26)20(24(33)34)32(18)12-13-9-10-17-16(11-13)19(25)21(35-17)14-6-4-5-7-15(14)23-28-30-31-29-23/h4-7,9-11H,2-3,8,12H2,1H3,(H2,28,29,30,31,33,34)/p-2. The molecule has 0 radical (unpaired) electrons. The average molecular weight is 554 g/mol. The number of aryl methyl sites for hydroxylation is 1. The molecule has 0 aliphatic carbocycles. The summed E-state index contributed by atoms with van der Waals surface area (Å²) in [6.45, 7) is 2.34. The van der Waals surface area contributed by atoms with Crippen LogP contribution in [0.4, 0.5) is 0 Å². The van der Waals surface area contributed by atoms with E-state index in [0.29, 0.717) is 29.4 Å². The summed E-state index contributed by atoms with van der Waals surface area (Å²) in [5.41, 5.74) is 2.94. The topological polar surface area (TPSA) is 124 Å². The van der Waals surface area contributed by atoms with Crippen LogP contribution in [0.1, 0.15) is 41.6 Å². The summed E-state index contributed by atoms with van der Waals surface area (Å²) in [6, 6.07) is 13.3. The number of furan rings is 1. The van der Waals surface area contributed by atoms with E-state index in [4.69, 9.17) is 16.0 Å². The SMILES string of the molecule is CCCCc1nc(Cl)c(C(=O)[O-])n1Cc1ccc2oc(-c3ccccc3-c3nnn[n-]3)c(Br)c2c1. The molecule has 0 unspecified atom stereocenters. The molecule has 0 atom stereocenters. The molecule has 178 valence electrons. The maximum atomic E-state index is 11.8. The van der Waals surface area contributed by atoms with Gasteiger partial charge in [-0.1, -0.05) is 55.3 Å². The Morgan fingerprint density at radius 3 is 2.74 bits per heavy atom. The number of aromatic nitrogens is 6. The van der Waals surface area contributed by atoms with Gasteiger partial charge in [0, 0.05) is 29.7 Å². The van der Waals surface area contributed by atoms with Crippen LogP contribution >= 0.6 is 27.5 Å². The van der Waals surface area contributed by atoms with E-state index in [1.807, 2.05) is 42.5 Å². The highest BCUT2D eigenvalue weighted by Gasteiger charge is 2.20. The van der Waals surface area contributed by atoms with E-state index < -0.39 is 5.97 Å². The Balaban J connectivity index is 1.56. The number of carboxylic acids is 1. The number of fused-ring (bicyclic) bond motifs is 1. The highest BCUT2D eigenvalue weighted by molar-refractivity contribution is 9.10. The van der Waals surface area contributed by atoms with Gasteiger partial charge in [0.15, 0.2) is 5.15 Å². The number of carboxylic acid groups (broad SMARTS) is 1. The minimum absolute atomic E-state index is 0.0562. The van der Waals surface area contributed by atoms with Crippen LogP contribution in [0.2, 0.25) is 5.15 Å². The summed E-state index contributed by atoms with van der Waals surface area (Å²) in [6.07, 6.45) is 2.44. The highest BCUT2D eigenvalue weighted by Crippen LogP contribution is 2.41. The molecule has 0 fully saturated rings. The van der Waals surface area contributed by atoms with Gasteiger partial charge in [0.2, 0.25) is 0 Å². The lowest BCUT2D eigenvalue weighted by Gasteiger charge is -2.13. The van der Waals surface area contributed by atoms with Crippen LogP contribution in [0.25, 0.3) is 33.7 Å². The number of benzene rings is 2. The molecule has 0 amide bonds. The summed E-state index contributed by atoms with van der Waals surface area (Å²) in [4.78, 5) is 16.1. The van der Waals surface area contributed by atoms with Gasteiger partial charge in [-0.2, -0.15) is 5.21 Å². The van der Waals surface area contributed by atoms with E-state index in [1.54, 1.807) is 4.57 Å². The molecule has 3 aromatic heterocycles. The largest absolute Gasteiger partial charge is 0.543 e. The lowest BCUT2D eigenvalue weighted by molar-refractivity contribution is -0.255. The maximum absolute atomic E-state index is 11.8. The molecule has 0 N–H and O–H groups in total. The van der Waals surface area contributed by atoms with E-state index >= 15 is 0 Å². The first-order valence-electron chi connectivity index (χ1n) is 10.9. The zero-order valence-electron chi connectivity index (χ0n) is 18.5. The fourth-order valence-corrected chi connectivity index (χ4v) is 4.94. The van der Waals surface area contributed by atoms with Crippen molar-refractivity contribution < 1.29 is 14.3 Å². The molecule has 35 heavy (non-hydrogen) atoms. The van der Waals surface area contributed by atoms with Crippen LogP contribution < -0.4 is 10.2 Å². The first-order valence-corrected chi connectivity index (χ1v) is 12.1. The Morgan fingerprint density at radius 2 is 2.03 bits per heavy atom. The number of tetrazole rings is 1. The van der Waals surface area contributed by atoms with Gasteiger partial charge in [-0.25, -0.2) is 4.98 Å². The average Bonchev–Trinajstić information content (AvgIpc) is 3.56. The predicted molar refractivity (Wildman–Crippen MR) is 131 cm³/mol. The van der Waals surface area contributed by atoms with E-state index in [0.717, 1.165) is 39.4 Å². The van der Waals surface area contributed by atoms with Crippen molar-refractivity contribution >= 4 is 44.5 Å². The van der Waals surface area contributed by atoms with Crippen molar-refractivity contribution in [1.82, 2.24) is 30.2 Å². The molecular weight excluding hydrogens is 536 g/mol. The van der Waals surface area contributed by atoms with E-state index in [2.05, 4.69) is 48.5 Å². The van der Waals surface area contributed by atoms with Crippen molar-refractivity contribution in [2.75, 3.05) is 0 Å². The summed E-state index contributed by atoms with van der Waals surface area (Å²) >= 11 is 9.83. The Bertz CT molecular complexity index is 1530. The van der Waals surface area contributed by atoms with Gasteiger partial charge >= 0.3 is 0 Å². The van der Waals surface area contributed by atoms with Gasteiger partial charge in [0.25, 0.3) is 0 Å². The number of unbranched alkanes of at least 4 members (excludes halogenated alkanes) is 1. The normalized spacial score (nSPS) is 11.4. The number of hydrogen-bond donors (Lipinski definition) is 0. The molecule has 2 aromatic carbocycles. The molecular formula is C24H18BrClN6O3-2. The summed E-state index contributed by atoms with van der Waals surface area (Å²) in [7, 11) is 0. The van der Waals surface area contributed by atoms with E-state index in [9.17, 15) is 9.90 Å². The molecule has 11 heteroatoms. The van der Waals surface area contributed by atoms with Crippen molar-refractivity contribution in [1.29, 1.82) is 0 Å². The van der Waals surface area contributed by atoms with Crippen LogP contribution in [0, 0.1) is 0 Å². The monoisotopic (exact) mass is 552 g/mol. The lowest BCUT2D eigenvalue weighted by Crippen LogP contribution is -2.26. The number of halogens is 2. The third-order valence-corrected chi connectivity index (χ3v) is 6.77. The number of nitrogens with zero attached hydrogens (tertiary/aromatic N) is 6. The first kappa shape index (κ1) is 23.3. The van der Waals surface area contributed by atoms with E-state index in [-0.39, 0.29) is 17.4 Å². The summed E-state index contributed by atoms with van der Waals surface area (Å²) in [5, 5.41) is 27.7. The summed E-state index contributed by atoms with van der Waals surface area (Å²) < 4.78 is 8.55. The molecule has 0 aliphatic heterocycles. The zero-order chi connectivity index (χ0) is 24.5. The molecule has 0 bridgehead atoms. The smallest absolute Gasteiger partial charge is 0.156 e. The van der Waals surface area contributed by atoms with Crippen molar-refractivity contribution in [3.05, 3.63) is 69.2 Å². The van der Waals surface area contributed by atoms with Crippen molar-refractivity contribution in [3.63, 3.8) is 0 Å². The third-order valence-electron chi connectivity index (χ3n) is 5.72. The Hall–Kier alpha value is -3.50. The zero-order valence-corrected chi connectivity index (χ0v) is 20.9. The van der Waals surface area contributed by atoms with Gasteiger partial charge in [-0.3, -0.25) is 10.3 Å². The number of aromatic carboxylic acids is 1. The second-order valence-corrected chi connectivity index (χ2v) is 9.12. The lowest BCUT2D eigenvalue weighted by atomic mass is 10.0. The molecule has 3 heterocycles. The van der Waals surface area contributed by atoms with Crippen LogP contribution in [0.15, 0.2) is 51.4 Å². The first-order chi connectivity index (χ1) is 17.0. The van der Waals surface area contributed by atoms with Gasteiger partial charge in [-0.15, -0.1) is 0 Å². The molecule has 0 aliphatic rings. The number of hydrogen-bond acceptors (Lipinski definition) is 7. The van der Waals surface area contributed by atoms with Crippen LogP contribution in [-0.2, 0) is 13.0 Å². The van der Waals surface area contributed by atoms with E-state index in [1.165, 1.54) is 0 Å². The Morgan fingerprint density at radius 1 is 1.23 bits per heavy atom. The van der Waals surface area contributed by atoms with Crippen LogP contribution in [-0.4, -0.2) is 31.0 Å². The second-order valence-electron chi connectivity index (χ2n) is 7.97. The molecule has 0 saturated carbocycles. The molecule has 5 rings (SSSR count). The number of carbonyl (C=O) groups is 1.